The summed E-state index contributed by atoms with van der Waals surface area (Å²) in [5.74, 6) is 2.07. The molecule has 0 aliphatic rings. The lowest BCUT2D eigenvalue weighted by atomic mass is 10.2. The van der Waals surface area contributed by atoms with Gasteiger partial charge in [-0.1, -0.05) is 12.1 Å². The molecule has 2 aromatic carbocycles. The molecule has 3 nitrogen and oxygen atoms in total. The summed E-state index contributed by atoms with van der Waals surface area (Å²) in [6.07, 6.45) is 3.68. The van der Waals surface area contributed by atoms with Crippen LogP contribution in [0.1, 0.15) is 11.1 Å². The molecule has 0 amide bonds. The SMILES string of the molecule is COc1ccc(F)cc1CSCc1ccc(-n2cccn2)cc1. The Kier molecular flexibility index (Phi) is 4.98. The normalized spacial score (nSPS) is 10.7. The fourth-order valence-corrected chi connectivity index (χ4v) is 3.28. The molecule has 0 saturated heterocycles. The van der Waals surface area contributed by atoms with Gasteiger partial charge in [0.15, 0.2) is 0 Å². The van der Waals surface area contributed by atoms with E-state index in [4.69, 9.17) is 4.74 Å². The maximum absolute atomic E-state index is 13.3. The zero-order valence-electron chi connectivity index (χ0n) is 12.8. The van der Waals surface area contributed by atoms with Gasteiger partial charge in [0, 0.05) is 29.5 Å². The summed E-state index contributed by atoms with van der Waals surface area (Å²) in [5, 5.41) is 4.21. The molecule has 23 heavy (non-hydrogen) atoms. The first-order valence-corrected chi connectivity index (χ1v) is 8.41. The van der Waals surface area contributed by atoms with Crippen LogP contribution in [0.2, 0.25) is 0 Å². The molecule has 0 aliphatic heterocycles. The van der Waals surface area contributed by atoms with E-state index >= 15 is 0 Å². The van der Waals surface area contributed by atoms with Crippen molar-refractivity contribution in [2.45, 2.75) is 11.5 Å². The standard InChI is InChI=1S/C18H17FN2OS/c1-22-18-8-5-16(19)11-15(18)13-23-12-14-3-6-17(7-4-14)21-10-2-9-20-21/h2-11H,12-13H2,1H3. The molecule has 5 heteroatoms. The number of ether oxygens (including phenoxy) is 1. The van der Waals surface area contributed by atoms with E-state index in [1.165, 1.54) is 17.7 Å². The second-order valence-electron chi connectivity index (χ2n) is 5.07. The Morgan fingerprint density at radius 2 is 1.96 bits per heavy atom. The van der Waals surface area contributed by atoms with Crippen molar-refractivity contribution in [1.29, 1.82) is 0 Å². The minimum absolute atomic E-state index is 0.232. The van der Waals surface area contributed by atoms with Crippen LogP contribution in [0, 0.1) is 5.82 Å². The van der Waals surface area contributed by atoms with Crippen LogP contribution in [0.15, 0.2) is 60.9 Å². The Balaban J connectivity index is 1.60. The molecule has 0 saturated carbocycles. The zero-order valence-corrected chi connectivity index (χ0v) is 13.6. The van der Waals surface area contributed by atoms with E-state index in [9.17, 15) is 4.39 Å². The van der Waals surface area contributed by atoms with Gasteiger partial charge in [-0.3, -0.25) is 0 Å². The molecule has 0 aliphatic carbocycles. The van der Waals surface area contributed by atoms with Gasteiger partial charge >= 0.3 is 0 Å². The number of thioether (sulfide) groups is 1. The van der Waals surface area contributed by atoms with E-state index in [1.54, 1.807) is 31.1 Å². The summed E-state index contributed by atoms with van der Waals surface area (Å²) >= 11 is 1.73. The average molecular weight is 328 g/mol. The Bertz CT molecular complexity index is 757. The number of hydrogen-bond donors (Lipinski definition) is 0. The minimum Gasteiger partial charge on any atom is -0.496 e. The summed E-state index contributed by atoms with van der Waals surface area (Å²) in [7, 11) is 1.61. The maximum Gasteiger partial charge on any atom is 0.123 e. The second kappa shape index (κ2) is 7.33. The molecule has 118 valence electrons. The van der Waals surface area contributed by atoms with Gasteiger partial charge in [0.25, 0.3) is 0 Å². The van der Waals surface area contributed by atoms with Crippen molar-refractivity contribution in [2.24, 2.45) is 0 Å². The van der Waals surface area contributed by atoms with E-state index in [1.807, 2.05) is 29.1 Å². The predicted octanol–water partition coefficient (Wildman–Crippen LogP) is 4.45. The lowest BCUT2D eigenvalue weighted by Gasteiger charge is -2.09. The predicted molar refractivity (Wildman–Crippen MR) is 91.5 cm³/mol. The van der Waals surface area contributed by atoms with Crippen LogP contribution < -0.4 is 4.74 Å². The molecule has 0 fully saturated rings. The van der Waals surface area contributed by atoms with Crippen LogP contribution in [-0.2, 0) is 11.5 Å². The van der Waals surface area contributed by atoms with Gasteiger partial charge in [-0.05, 0) is 42.0 Å². The molecule has 0 radical (unpaired) electrons. The molecular weight excluding hydrogens is 311 g/mol. The van der Waals surface area contributed by atoms with Gasteiger partial charge in [-0.15, -0.1) is 0 Å². The number of hydrogen-bond acceptors (Lipinski definition) is 3. The average Bonchev–Trinajstić information content (AvgIpc) is 3.10. The van der Waals surface area contributed by atoms with Gasteiger partial charge in [0.05, 0.1) is 12.8 Å². The quantitative estimate of drug-likeness (QED) is 0.669. The zero-order chi connectivity index (χ0) is 16.1. The van der Waals surface area contributed by atoms with Crippen molar-refractivity contribution in [1.82, 2.24) is 9.78 Å². The first-order valence-electron chi connectivity index (χ1n) is 7.25. The van der Waals surface area contributed by atoms with Crippen LogP contribution in [0.25, 0.3) is 5.69 Å². The molecule has 3 rings (SSSR count). The molecule has 1 aromatic heterocycles. The van der Waals surface area contributed by atoms with Crippen molar-refractivity contribution in [2.75, 3.05) is 7.11 Å². The van der Waals surface area contributed by atoms with E-state index in [0.29, 0.717) is 5.75 Å². The van der Waals surface area contributed by atoms with Crippen LogP contribution in [0.3, 0.4) is 0 Å². The summed E-state index contributed by atoms with van der Waals surface area (Å²) in [6.45, 7) is 0. The number of rotatable bonds is 6. The van der Waals surface area contributed by atoms with Gasteiger partial charge in [-0.25, -0.2) is 9.07 Å². The third kappa shape index (κ3) is 3.93. The number of aromatic nitrogens is 2. The molecule has 0 N–H and O–H groups in total. The van der Waals surface area contributed by atoms with Crippen LogP contribution in [-0.4, -0.2) is 16.9 Å². The lowest BCUT2D eigenvalue weighted by Crippen LogP contribution is -1.94. The summed E-state index contributed by atoms with van der Waals surface area (Å²) < 4.78 is 20.4. The smallest absolute Gasteiger partial charge is 0.123 e. The topological polar surface area (TPSA) is 27.1 Å². The molecule has 1 heterocycles. The molecule has 0 spiro atoms. The van der Waals surface area contributed by atoms with E-state index in [0.717, 1.165) is 22.8 Å². The second-order valence-corrected chi connectivity index (χ2v) is 6.05. The molecule has 0 bridgehead atoms. The van der Waals surface area contributed by atoms with Crippen molar-refractivity contribution in [3.63, 3.8) is 0 Å². The van der Waals surface area contributed by atoms with Gasteiger partial charge in [0.2, 0.25) is 0 Å². The van der Waals surface area contributed by atoms with E-state index < -0.39 is 0 Å². The number of nitrogens with zero attached hydrogens (tertiary/aromatic N) is 2. The van der Waals surface area contributed by atoms with Crippen molar-refractivity contribution in [3.05, 3.63) is 77.9 Å². The third-order valence-corrected chi connectivity index (χ3v) is 4.53. The largest absolute Gasteiger partial charge is 0.496 e. The fraction of sp³-hybridized carbons (Fsp3) is 0.167. The Morgan fingerprint density at radius 3 is 2.65 bits per heavy atom. The van der Waals surface area contributed by atoms with Gasteiger partial charge in [0.1, 0.15) is 11.6 Å². The third-order valence-electron chi connectivity index (χ3n) is 3.47. The molecule has 0 unspecified atom stereocenters. The van der Waals surface area contributed by atoms with Gasteiger partial charge < -0.3 is 4.74 Å². The highest BCUT2D eigenvalue weighted by Crippen LogP contribution is 2.26. The molecular formula is C18H17FN2OS. The van der Waals surface area contributed by atoms with Crippen LogP contribution >= 0.6 is 11.8 Å². The monoisotopic (exact) mass is 328 g/mol. The Hall–Kier alpha value is -2.27. The molecule has 3 aromatic rings. The summed E-state index contributed by atoms with van der Waals surface area (Å²) in [5.41, 5.74) is 3.14. The number of methoxy groups -OCH3 is 1. The summed E-state index contributed by atoms with van der Waals surface area (Å²) in [4.78, 5) is 0. The number of benzene rings is 2. The first-order chi connectivity index (χ1) is 11.3. The lowest BCUT2D eigenvalue weighted by molar-refractivity contribution is 0.410. The Labute approximate surface area is 139 Å². The fourth-order valence-electron chi connectivity index (χ4n) is 2.31. The van der Waals surface area contributed by atoms with Crippen LogP contribution in [0.4, 0.5) is 4.39 Å². The molecule has 0 atom stereocenters. The van der Waals surface area contributed by atoms with Crippen LogP contribution in [0.5, 0.6) is 5.75 Å². The van der Waals surface area contributed by atoms with E-state index in [-0.39, 0.29) is 5.82 Å². The Morgan fingerprint density at radius 1 is 1.13 bits per heavy atom. The van der Waals surface area contributed by atoms with Crippen molar-refractivity contribution < 1.29 is 9.13 Å². The first kappa shape index (κ1) is 15.6. The highest BCUT2D eigenvalue weighted by molar-refractivity contribution is 7.97. The summed E-state index contributed by atoms with van der Waals surface area (Å²) in [6, 6.07) is 14.8. The van der Waals surface area contributed by atoms with E-state index in [2.05, 4.69) is 17.2 Å². The van der Waals surface area contributed by atoms with Crippen molar-refractivity contribution in [3.8, 4) is 11.4 Å². The maximum atomic E-state index is 13.3. The number of halogens is 1. The minimum atomic E-state index is -0.232. The van der Waals surface area contributed by atoms with Gasteiger partial charge in [-0.2, -0.15) is 16.9 Å². The highest BCUT2D eigenvalue weighted by atomic mass is 32.2. The highest BCUT2D eigenvalue weighted by Gasteiger charge is 2.05. The van der Waals surface area contributed by atoms with Crippen molar-refractivity contribution >= 4 is 11.8 Å².